The molecule has 0 aromatic heterocycles. The third-order valence-corrected chi connectivity index (χ3v) is 2.45. The van der Waals surface area contributed by atoms with Crippen LogP contribution in [0.5, 0.6) is 0 Å². The maximum atomic E-state index is 10.6. The zero-order chi connectivity index (χ0) is 10.1. The summed E-state index contributed by atoms with van der Waals surface area (Å²) in [7, 11) is -4.35. The third-order valence-electron chi connectivity index (χ3n) is 1.62. The molecule has 0 aliphatic heterocycles. The quantitative estimate of drug-likeness (QED) is 0.456. The second kappa shape index (κ2) is 5.09. The molecule has 1 aromatic rings. The minimum Gasteiger partial charge on any atom is -0.744 e. The van der Waals surface area contributed by atoms with Gasteiger partial charge >= 0.3 is 29.6 Å². The molecular formula is C9H9NaO3S. The van der Waals surface area contributed by atoms with Crippen LogP contribution in [0.4, 0.5) is 0 Å². The molecule has 0 fully saturated rings. The van der Waals surface area contributed by atoms with Crippen LogP contribution >= 0.6 is 0 Å². The first-order valence-corrected chi connectivity index (χ1v) is 5.04. The largest absolute Gasteiger partial charge is 1.00 e. The van der Waals surface area contributed by atoms with E-state index in [1.165, 1.54) is 18.2 Å². The number of allylic oxidation sites excluding steroid dienone is 1. The monoisotopic (exact) mass is 220 g/mol. The molecule has 1 aromatic carbocycles. The van der Waals surface area contributed by atoms with E-state index >= 15 is 0 Å². The number of hydrogen-bond acceptors (Lipinski definition) is 3. The Morgan fingerprint density at radius 3 is 2.43 bits per heavy atom. The van der Waals surface area contributed by atoms with E-state index < -0.39 is 10.1 Å². The van der Waals surface area contributed by atoms with Crippen molar-refractivity contribution >= 4 is 15.7 Å². The van der Waals surface area contributed by atoms with Crippen molar-refractivity contribution < 1.29 is 42.5 Å². The summed E-state index contributed by atoms with van der Waals surface area (Å²) in [4.78, 5) is -0.215. The Bertz CT molecular complexity index is 437. The molecule has 0 bridgehead atoms. The van der Waals surface area contributed by atoms with Crippen LogP contribution in [0.15, 0.2) is 35.7 Å². The van der Waals surface area contributed by atoms with E-state index in [4.69, 9.17) is 0 Å². The first-order chi connectivity index (χ1) is 5.91. The van der Waals surface area contributed by atoms with Crippen molar-refractivity contribution in [1.29, 1.82) is 0 Å². The summed E-state index contributed by atoms with van der Waals surface area (Å²) in [6, 6.07) is 5.82. The fourth-order valence-electron chi connectivity index (χ4n) is 0.917. The topological polar surface area (TPSA) is 57.2 Å². The number of hydrogen-bond donors (Lipinski definition) is 0. The predicted molar refractivity (Wildman–Crippen MR) is 49.1 cm³/mol. The molecule has 0 radical (unpaired) electrons. The summed E-state index contributed by atoms with van der Waals surface area (Å²) in [5.41, 5.74) is 1.39. The summed E-state index contributed by atoms with van der Waals surface area (Å²) < 4.78 is 31.9. The van der Waals surface area contributed by atoms with Crippen LogP contribution < -0.4 is 29.6 Å². The van der Waals surface area contributed by atoms with Crippen molar-refractivity contribution in [3.63, 3.8) is 0 Å². The van der Waals surface area contributed by atoms with Gasteiger partial charge in [-0.05, 0) is 24.6 Å². The minimum absolute atomic E-state index is 0. The van der Waals surface area contributed by atoms with E-state index in [1.807, 2.05) is 0 Å². The normalized spacial score (nSPS) is 10.4. The van der Waals surface area contributed by atoms with Crippen LogP contribution in [0.2, 0.25) is 0 Å². The molecule has 0 aliphatic rings. The smallest absolute Gasteiger partial charge is 0.744 e. The van der Waals surface area contributed by atoms with Gasteiger partial charge in [-0.1, -0.05) is 24.3 Å². The van der Waals surface area contributed by atoms with E-state index in [2.05, 4.69) is 6.58 Å². The van der Waals surface area contributed by atoms with Crippen molar-refractivity contribution in [3.8, 4) is 0 Å². The third kappa shape index (κ3) is 3.55. The molecular weight excluding hydrogens is 211 g/mol. The SMILES string of the molecule is C=C(C)c1cccc(S(=O)(=O)[O-])c1.[Na+]. The van der Waals surface area contributed by atoms with Gasteiger partial charge in [-0.3, -0.25) is 0 Å². The zero-order valence-electron chi connectivity index (χ0n) is 8.15. The van der Waals surface area contributed by atoms with Gasteiger partial charge in [0.15, 0.2) is 0 Å². The Morgan fingerprint density at radius 1 is 1.43 bits per heavy atom. The fraction of sp³-hybridized carbons (Fsp3) is 0.111. The minimum atomic E-state index is -4.35. The summed E-state index contributed by atoms with van der Waals surface area (Å²) >= 11 is 0. The Morgan fingerprint density at radius 2 is 2.00 bits per heavy atom. The van der Waals surface area contributed by atoms with E-state index in [9.17, 15) is 13.0 Å². The molecule has 70 valence electrons. The molecule has 0 heterocycles. The standard InChI is InChI=1S/C9H10O3S.Na/c1-7(2)8-4-3-5-9(6-8)13(10,11)12;/h3-6H,1H2,2H3,(H,10,11,12);/q;+1/p-1. The molecule has 0 N–H and O–H groups in total. The second-order valence-electron chi connectivity index (χ2n) is 2.76. The van der Waals surface area contributed by atoms with Crippen LogP contribution in [0.1, 0.15) is 12.5 Å². The summed E-state index contributed by atoms with van der Waals surface area (Å²) in [6.07, 6.45) is 0. The van der Waals surface area contributed by atoms with E-state index in [0.717, 1.165) is 5.57 Å². The summed E-state index contributed by atoms with van der Waals surface area (Å²) in [6.45, 7) is 5.40. The fourth-order valence-corrected chi connectivity index (χ4v) is 1.43. The maximum absolute atomic E-state index is 10.6. The van der Waals surface area contributed by atoms with Crippen LogP contribution in [0, 0.1) is 0 Å². The van der Waals surface area contributed by atoms with Gasteiger partial charge in [0, 0.05) is 0 Å². The van der Waals surface area contributed by atoms with Crippen molar-refractivity contribution in [2.45, 2.75) is 11.8 Å². The first kappa shape index (κ1) is 13.9. The zero-order valence-corrected chi connectivity index (χ0v) is 11.0. The molecule has 3 nitrogen and oxygen atoms in total. The predicted octanol–water partition coefficient (Wildman–Crippen LogP) is -1.37. The Labute approximate surface area is 106 Å². The van der Waals surface area contributed by atoms with Crippen molar-refractivity contribution in [1.82, 2.24) is 0 Å². The van der Waals surface area contributed by atoms with Crippen LogP contribution in [0.3, 0.4) is 0 Å². The summed E-state index contributed by atoms with van der Waals surface area (Å²) in [5, 5.41) is 0. The van der Waals surface area contributed by atoms with Crippen molar-refractivity contribution in [3.05, 3.63) is 36.4 Å². The molecule has 1 rings (SSSR count). The van der Waals surface area contributed by atoms with Crippen LogP contribution in [0.25, 0.3) is 5.57 Å². The molecule has 0 saturated carbocycles. The van der Waals surface area contributed by atoms with Gasteiger partial charge in [0.1, 0.15) is 10.1 Å². The maximum Gasteiger partial charge on any atom is 1.00 e. The second-order valence-corrected chi connectivity index (χ2v) is 4.14. The molecule has 5 heteroatoms. The van der Waals surface area contributed by atoms with Gasteiger partial charge in [0.05, 0.1) is 4.90 Å². The van der Waals surface area contributed by atoms with E-state index in [0.29, 0.717) is 5.56 Å². The summed E-state index contributed by atoms with van der Waals surface area (Å²) in [5.74, 6) is 0. The van der Waals surface area contributed by atoms with Crippen LogP contribution in [-0.4, -0.2) is 13.0 Å². The Hall–Kier alpha value is -0.130. The molecule has 0 saturated heterocycles. The van der Waals surface area contributed by atoms with Crippen LogP contribution in [-0.2, 0) is 10.1 Å². The van der Waals surface area contributed by atoms with E-state index in [1.54, 1.807) is 13.0 Å². The molecule has 0 spiro atoms. The van der Waals surface area contributed by atoms with Gasteiger partial charge in [-0.25, -0.2) is 8.42 Å². The van der Waals surface area contributed by atoms with Gasteiger partial charge in [0.2, 0.25) is 0 Å². The Balaban J connectivity index is 0.00000169. The van der Waals surface area contributed by atoms with Crippen molar-refractivity contribution in [2.24, 2.45) is 0 Å². The number of rotatable bonds is 2. The molecule has 0 amide bonds. The van der Waals surface area contributed by atoms with Gasteiger partial charge in [-0.2, -0.15) is 0 Å². The Kier molecular flexibility index (Phi) is 5.05. The average molecular weight is 220 g/mol. The first-order valence-electron chi connectivity index (χ1n) is 3.63. The average Bonchev–Trinajstić information content (AvgIpc) is 2.03. The van der Waals surface area contributed by atoms with Gasteiger partial charge in [0.25, 0.3) is 0 Å². The molecule has 14 heavy (non-hydrogen) atoms. The molecule has 0 aliphatic carbocycles. The molecule has 0 unspecified atom stereocenters. The molecule has 0 atom stereocenters. The number of benzene rings is 1. The van der Waals surface area contributed by atoms with Gasteiger partial charge < -0.3 is 4.55 Å². The van der Waals surface area contributed by atoms with Gasteiger partial charge in [-0.15, -0.1) is 0 Å². The van der Waals surface area contributed by atoms with E-state index in [-0.39, 0.29) is 34.5 Å². The van der Waals surface area contributed by atoms with Crippen molar-refractivity contribution in [2.75, 3.05) is 0 Å².